The Morgan fingerprint density at radius 3 is 2.50 bits per heavy atom. The highest BCUT2D eigenvalue weighted by atomic mass is 19.4. The van der Waals surface area contributed by atoms with E-state index in [1.54, 1.807) is 4.90 Å². The lowest BCUT2D eigenvalue weighted by Gasteiger charge is -2.27. The molecule has 0 aromatic heterocycles. The highest BCUT2D eigenvalue weighted by molar-refractivity contribution is 5.81. The lowest BCUT2D eigenvalue weighted by Crippen LogP contribution is -2.37. The first kappa shape index (κ1) is 13.2. The molecule has 0 radical (unpaired) electrons. The average molecular weight is 287 g/mol. The van der Waals surface area contributed by atoms with Crippen molar-refractivity contribution in [1.29, 1.82) is 0 Å². The number of guanidine groups is 1. The smallest absolute Gasteiger partial charge is 0.370 e. The molecule has 1 saturated carbocycles. The molecule has 0 saturated heterocycles. The number of halogens is 4. The molecular weight excluding hydrogens is 274 g/mol. The fourth-order valence-corrected chi connectivity index (χ4v) is 2.54. The molecule has 2 aliphatic rings. The van der Waals surface area contributed by atoms with Gasteiger partial charge in [0.2, 0.25) is 0 Å². The lowest BCUT2D eigenvalue weighted by molar-refractivity contribution is -0.137. The van der Waals surface area contributed by atoms with Crippen LogP contribution in [-0.4, -0.2) is 23.4 Å². The summed E-state index contributed by atoms with van der Waals surface area (Å²) in [5, 5.41) is 0. The first-order valence-electron chi connectivity index (χ1n) is 6.32. The summed E-state index contributed by atoms with van der Waals surface area (Å²) in [5.41, 5.74) is 5.06. The molecule has 0 amide bonds. The van der Waals surface area contributed by atoms with Crippen molar-refractivity contribution in [3.63, 3.8) is 0 Å². The van der Waals surface area contributed by atoms with Gasteiger partial charge in [0, 0.05) is 6.04 Å². The zero-order valence-electron chi connectivity index (χ0n) is 10.5. The number of aliphatic imine (C=N–C) groups is 1. The van der Waals surface area contributed by atoms with Gasteiger partial charge in [-0.1, -0.05) is 0 Å². The van der Waals surface area contributed by atoms with Crippen molar-refractivity contribution in [2.45, 2.75) is 31.1 Å². The summed E-state index contributed by atoms with van der Waals surface area (Å²) in [6.45, 7) is 0.267. The van der Waals surface area contributed by atoms with Crippen molar-refractivity contribution in [3.05, 3.63) is 35.1 Å². The predicted octanol–water partition coefficient (Wildman–Crippen LogP) is 2.68. The van der Waals surface area contributed by atoms with Crippen molar-refractivity contribution < 1.29 is 17.6 Å². The van der Waals surface area contributed by atoms with Gasteiger partial charge in [0.1, 0.15) is 5.82 Å². The van der Waals surface area contributed by atoms with Crippen molar-refractivity contribution in [2.75, 3.05) is 6.54 Å². The molecule has 1 aliphatic carbocycles. The third-order valence-electron chi connectivity index (χ3n) is 3.60. The molecular formula is C13H13F4N3. The van der Waals surface area contributed by atoms with Crippen LogP contribution in [0.25, 0.3) is 0 Å². The molecule has 1 atom stereocenters. The third-order valence-corrected chi connectivity index (χ3v) is 3.60. The Balaban J connectivity index is 1.96. The summed E-state index contributed by atoms with van der Waals surface area (Å²) >= 11 is 0. The largest absolute Gasteiger partial charge is 0.416 e. The SMILES string of the molecule is NC1=NCC(c2cc(F)cc(C(F)(F)F)c2)N1C1CC1. The molecule has 20 heavy (non-hydrogen) atoms. The van der Waals surface area contributed by atoms with E-state index in [9.17, 15) is 17.6 Å². The number of nitrogens with zero attached hydrogens (tertiary/aromatic N) is 2. The van der Waals surface area contributed by atoms with Crippen LogP contribution in [0.1, 0.15) is 30.0 Å². The van der Waals surface area contributed by atoms with E-state index < -0.39 is 23.6 Å². The van der Waals surface area contributed by atoms with Gasteiger partial charge in [-0.3, -0.25) is 4.99 Å². The minimum absolute atomic E-state index is 0.212. The zero-order chi connectivity index (χ0) is 14.5. The molecule has 1 heterocycles. The Morgan fingerprint density at radius 2 is 1.90 bits per heavy atom. The van der Waals surface area contributed by atoms with E-state index in [1.807, 2.05) is 0 Å². The van der Waals surface area contributed by atoms with Crippen molar-refractivity contribution in [2.24, 2.45) is 10.7 Å². The Bertz CT molecular complexity index is 563. The maximum absolute atomic E-state index is 13.5. The molecule has 0 spiro atoms. The summed E-state index contributed by atoms with van der Waals surface area (Å²) in [6, 6.07) is 2.42. The van der Waals surface area contributed by atoms with Gasteiger partial charge in [0.15, 0.2) is 5.96 Å². The van der Waals surface area contributed by atoms with Crippen LogP contribution in [-0.2, 0) is 6.18 Å². The van der Waals surface area contributed by atoms with Crippen LogP contribution in [0.5, 0.6) is 0 Å². The molecule has 0 bridgehead atoms. The van der Waals surface area contributed by atoms with E-state index >= 15 is 0 Å². The third kappa shape index (κ3) is 2.32. The normalized spacial score (nSPS) is 23.1. The molecule has 1 aromatic carbocycles. The van der Waals surface area contributed by atoms with E-state index in [-0.39, 0.29) is 18.2 Å². The maximum atomic E-state index is 13.5. The van der Waals surface area contributed by atoms with Gasteiger partial charge in [-0.15, -0.1) is 0 Å². The highest BCUT2D eigenvalue weighted by Gasteiger charge is 2.40. The summed E-state index contributed by atoms with van der Waals surface area (Å²) in [5.74, 6) is -0.564. The molecule has 1 aliphatic heterocycles. The standard InChI is InChI=1S/C13H13F4N3/c14-9-4-7(3-8(5-9)13(15,16)17)11-6-19-12(18)20(11)10-1-2-10/h3-5,10-11H,1-2,6H2,(H2,18,19). The number of benzene rings is 1. The van der Waals surface area contributed by atoms with Crippen molar-refractivity contribution >= 4 is 5.96 Å². The van der Waals surface area contributed by atoms with Gasteiger partial charge < -0.3 is 10.6 Å². The van der Waals surface area contributed by atoms with Crippen molar-refractivity contribution in [3.8, 4) is 0 Å². The fourth-order valence-electron chi connectivity index (χ4n) is 2.54. The average Bonchev–Trinajstić information content (AvgIpc) is 3.10. The van der Waals surface area contributed by atoms with Crippen LogP contribution in [0.15, 0.2) is 23.2 Å². The summed E-state index contributed by atoms with van der Waals surface area (Å²) < 4.78 is 51.7. The van der Waals surface area contributed by atoms with E-state index in [0.717, 1.165) is 25.0 Å². The van der Waals surface area contributed by atoms with Crippen LogP contribution in [0, 0.1) is 5.82 Å². The Labute approximate surface area is 113 Å². The van der Waals surface area contributed by atoms with Gasteiger partial charge >= 0.3 is 6.18 Å². The number of hydrogen-bond donors (Lipinski definition) is 1. The molecule has 3 nitrogen and oxygen atoms in total. The van der Waals surface area contributed by atoms with Crippen LogP contribution in [0.3, 0.4) is 0 Å². The molecule has 2 N–H and O–H groups in total. The number of hydrogen-bond acceptors (Lipinski definition) is 3. The minimum atomic E-state index is -4.56. The van der Waals surface area contributed by atoms with E-state index in [1.165, 1.54) is 0 Å². The molecule has 1 aromatic rings. The molecule has 3 rings (SSSR count). The van der Waals surface area contributed by atoms with Gasteiger partial charge in [0.25, 0.3) is 0 Å². The van der Waals surface area contributed by atoms with Gasteiger partial charge in [-0.25, -0.2) is 4.39 Å². The molecule has 1 unspecified atom stereocenters. The number of nitrogens with two attached hydrogens (primary N) is 1. The molecule has 1 fully saturated rings. The minimum Gasteiger partial charge on any atom is -0.370 e. The van der Waals surface area contributed by atoms with Gasteiger partial charge in [-0.05, 0) is 36.6 Å². The van der Waals surface area contributed by atoms with Crippen molar-refractivity contribution in [1.82, 2.24) is 4.90 Å². The van der Waals surface area contributed by atoms with Crippen LogP contribution in [0.4, 0.5) is 17.6 Å². The van der Waals surface area contributed by atoms with Gasteiger partial charge in [0.05, 0.1) is 18.2 Å². The Hall–Kier alpha value is -1.79. The lowest BCUT2D eigenvalue weighted by atomic mass is 10.0. The van der Waals surface area contributed by atoms with E-state index in [4.69, 9.17) is 5.73 Å². The second-order valence-corrected chi connectivity index (χ2v) is 5.12. The van der Waals surface area contributed by atoms with Crippen LogP contribution in [0.2, 0.25) is 0 Å². The topological polar surface area (TPSA) is 41.6 Å². The second-order valence-electron chi connectivity index (χ2n) is 5.12. The Kier molecular flexibility index (Phi) is 2.88. The maximum Gasteiger partial charge on any atom is 0.416 e. The quantitative estimate of drug-likeness (QED) is 0.850. The predicted molar refractivity (Wildman–Crippen MR) is 65.5 cm³/mol. The highest BCUT2D eigenvalue weighted by Crippen LogP contribution is 2.39. The summed E-state index contributed by atoms with van der Waals surface area (Å²) in [7, 11) is 0. The van der Waals surface area contributed by atoms with Crippen LogP contribution >= 0.6 is 0 Å². The summed E-state index contributed by atoms with van der Waals surface area (Å²) in [6.07, 6.45) is -2.69. The number of rotatable bonds is 2. The first-order valence-corrected chi connectivity index (χ1v) is 6.32. The summed E-state index contributed by atoms with van der Waals surface area (Å²) in [4.78, 5) is 5.88. The second kappa shape index (κ2) is 4.36. The molecule has 108 valence electrons. The fraction of sp³-hybridized carbons (Fsp3) is 0.462. The number of alkyl halides is 3. The van der Waals surface area contributed by atoms with Crippen LogP contribution < -0.4 is 5.73 Å². The Morgan fingerprint density at radius 1 is 1.20 bits per heavy atom. The van der Waals surface area contributed by atoms with Gasteiger partial charge in [-0.2, -0.15) is 13.2 Å². The zero-order valence-corrected chi connectivity index (χ0v) is 10.5. The monoisotopic (exact) mass is 287 g/mol. The van der Waals surface area contributed by atoms with E-state index in [0.29, 0.717) is 12.0 Å². The molecule has 7 heteroatoms. The first-order chi connectivity index (χ1) is 9.36. The van der Waals surface area contributed by atoms with E-state index in [2.05, 4.69) is 4.99 Å².